The van der Waals surface area contributed by atoms with Gasteiger partial charge in [-0.1, -0.05) is 0 Å². The monoisotopic (exact) mass is 379 g/mol. The number of aromatic nitrogens is 4. The Labute approximate surface area is 163 Å². The number of pyridine rings is 1. The van der Waals surface area contributed by atoms with Gasteiger partial charge in [-0.2, -0.15) is 10.4 Å². The highest BCUT2D eigenvalue weighted by Crippen LogP contribution is 2.37. The molecule has 0 bridgehead atoms. The van der Waals surface area contributed by atoms with E-state index < -0.39 is 18.3 Å². The van der Waals surface area contributed by atoms with Crippen molar-refractivity contribution < 1.29 is 14.0 Å². The van der Waals surface area contributed by atoms with Gasteiger partial charge in [-0.15, -0.1) is 0 Å². The number of imidazole rings is 1. The zero-order valence-corrected chi connectivity index (χ0v) is 16.6. The van der Waals surface area contributed by atoms with Crippen LogP contribution in [0.25, 0.3) is 5.52 Å². The summed E-state index contributed by atoms with van der Waals surface area (Å²) in [5, 5.41) is 13.8. The van der Waals surface area contributed by atoms with E-state index in [2.05, 4.69) is 16.2 Å². The van der Waals surface area contributed by atoms with Crippen molar-refractivity contribution in [3.05, 3.63) is 42.2 Å². The van der Waals surface area contributed by atoms with Crippen molar-refractivity contribution in [2.24, 2.45) is 7.05 Å². The minimum atomic E-state index is -0.630. The summed E-state index contributed by atoms with van der Waals surface area (Å²) < 4.78 is 21.8. The maximum atomic E-state index is 9.49. The molecule has 0 radical (unpaired) electrons. The van der Waals surface area contributed by atoms with Crippen molar-refractivity contribution in [2.75, 3.05) is 0 Å². The molecule has 0 unspecified atom stereocenters. The zero-order valence-electron chi connectivity index (χ0n) is 16.6. The van der Waals surface area contributed by atoms with Crippen molar-refractivity contribution in [2.45, 2.75) is 45.5 Å². The minimum absolute atomic E-state index is 0.321. The topological polar surface area (TPSA) is 86.6 Å². The molecule has 1 aliphatic rings. The Balaban J connectivity index is 1.73. The largest absolute Gasteiger partial charge is 0.497 e. The second-order valence-electron chi connectivity index (χ2n) is 8.00. The normalized spacial score (nSPS) is 17.8. The van der Waals surface area contributed by atoms with E-state index >= 15 is 0 Å². The second kappa shape index (κ2) is 6.36. The minimum Gasteiger partial charge on any atom is -0.486 e. The fourth-order valence-electron chi connectivity index (χ4n) is 3.14. The molecule has 0 atom stereocenters. The third kappa shape index (κ3) is 3.05. The molecule has 8 nitrogen and oxygen atoms in total. The molecule has 0 saturated carbocycles. The molecule has 0 amide bonds. The molecular weight excluding hydrogens is 357 g/mol. The van der Waals surface area contributed by atoms with Crippen molar-refractivity contribution in [3.63, 3.8) is 0 Å². The first-order valence-electron chi connectivity index (χ1n) is 9.07. The number of aryl methyl sites for hydroxylation is 1. The van der Waals surface area contributed by atoms with Gasteiger partial charge in [0.1, 0.15) is 18.4 Å². The highest BCUT2D eigenvalue weighted by atomic mass is 16.7. The maximum absolute atomic E-state index is 9.49. The van der Waals surface area contributed by atoms with Gasteiger partial charge in [-0.05, 0) is 33.8 Å². The molecule has 1 saturated heterocycles. The van der Waals surface area contributed by atoms with E-state index in [1.165, 1.54) is 6.20 Å². The summed E-state index contributed by atoms with van der Waals surface area (Å²) in [6.45, 7) is 8.29. The Morgan fingerprint density at radius 1 is 1.21 bits per heavy atom. The van der Waals surface area contributed by atoms with E-state index in [9.17, 15) is 5.26 Å². The molecule has 3 aromatic rings. The summed E-state index contributed by atoms with van der Waals surface area (Å²) in [7, 11) is 1.28. The number of nitriles is 1. The lowest BCUT2D eigenvalue weighted by molar-refractivity contribution is 0.00578. The molecule has 1 aliphatic heterocycles. The third-order valence-corrected chi connectivity index (χ3v) is 5.39. The summed E-state index contributed by atoms with van der Waals surface area (Å²) in [4.78, 5) is 4.27. The van der Waals surface area contributed by atoms with Crippen LogP contribution in [-0.2, 0) is 23.0 Å². The van der Waals surface area contributed by atoms with Crippen LogP contribution in [0.3, 0.4) is 0 Å². The highest BCUT2D eigenvalue weighted by molar-refractivity contribution is 6.64. The lowest BCUT2D eigenvalue weighted by Crippen LogP contribution is -2.41. The van der Waals surface area contributed by atoms with Gasteiger partial charge in [0, 0.05) is 18.7 Å². The average molecular weight is 379 g/mol. The van der Waals surface area contributed by atoms with Crippen LogP contribution in [0.1, 0.15) is 39.0 Å². The van der Waals surface area contributed by atoms with Crippen LogP contribution in [0, 0.1) is 11.3 Å². The summed E-state index contributed by atoms with van der Waals surface area (Å²) in [5.41, 5.74) is 1.66. The summed E-state index contributed by atoms with van der Waals surface area (Å²) in [6, 6.07) is 4.04. The number of rotatable bonds is 4. The Kier molecular flexibility index (Phi) is 4.21. The van der Waals surface area contributed by atoms with Gasteiger partial charge < -0.3 is 18.6 Å². The molecule has 0 N–H and O–H groups in total. The average Bonchev–Trinajstić information content (AvgIpc) is 3.28. The smallest absolute Gasteiger partial charge is 0.486 e. The van der Waals surface area contributed by atoms with E-state index in [4.69, 9.17) is 14.0 Å². The molecule has 144 valence electrons. The summed E-state index contributed by atoms with van der Waals surface area (Å²) in [5.74, 6) is 0.593. The Hall–Kier alpha value is -2.83. The fraction of sp³-hybridized carbons (Fsp3) is 0.421. The first kappa shape index (κ1) is 18.5. The molecule has 1 fully saturated rings. The van der Waals surface area contributed by atoms with Crippen LogP contribution in [0.5, 0.6) is 5.75 Å². The standard InChI is InChI=1S/C19H22BN5O3/c1-18(2)19(3,4)28-20(27-18)16-6-15(26-11-14-9-24(5)12-22-14)10-25-17(16)13(7-21)8-23-25/h6,8-10,12H,11H2,1-5H3. The predicted molar refractivity (Wildman–Crippen MR) is 103 cm³/mol. The van der Waals surface area contributed by atoms with Gasteiger partial charge in [0.2, 0.25) is 0 Å². The third-order valence-electron chi connectivity index (χ3n) is 5.39. The number of hydrogen-bond donors (Lipinski definition) is 0. The summed E-state index contributed by atoms with van der Waals surface area (Å²) >= 11 is 0. The fourth-order valence-corrected chi connectivity index (χ4v) is 3.14. The van der Waals surface area contributed by atoms with Gasteiger partial charge in [-0.3, -0.25) is 0 Å². The lowest BCUT2D eigenvalue weighted by Gasteiger charge is -2.32. The maximum Gasteiger partial charge on any atom is 0.497 e. The van der Waals surface area contributed by atoms with Crippen molar-refractivity contribution in [1.82, 2.24) is 19.2 Å². The van der Waals surface area contributed by atoms with Crippen LogP contribution < -0.4 is 10.2 Å². The quantitative estimate of drug-likeness (QED) is 0.643. The van der Waals surface area contributed by atoms with Crippen LogP contribution >= 0.6 is 0 Å². The first-order valence-corrected chi connectivity index (χ1v) is 9.07. The molecule has 0 aliphatic carbocycles. The van der Waals surface area contributed by atoms with E-state index in [0.29, 0.717) is 28.9 Å². The van der Waals surface area contributed by atoms with Gasteiger partial charge in [0.15, 0.2) is 0 Å². The SMILES string of the molecule is Cn1cnc(COc2cc(B3OC(C)(C)C(C)(C)O3)c3c(C#N)cnn3c2)c1. The molecule has 0 spiro atoms. The van der Waals surface area contributed by atoms with Crippen LogP contribution in [0.2, 0.25) is 0 Å². The highest BCUT2D eigenvalue weighted by Gasteiger charge is 2.52. The van der Waals surface area contributed by atoms with Crippen molar-refractivity contribution in [1.29, 1.82) is 5.26 Å². The molecule has 4 rings (SSSR count). The summed E-state index contributed by atoms with van der Waals surface area (Å²) in [6.07, 6.45) is 6.90. The van der Waals surface area contributed by atoms with E-state index in [1.54, 1.807) is 17.0 Å². The number of nitrogens with zero attached hydrogens (tertiary/aromatic N) is 5. The molecule has 0 aromatic carbocycles. The Morgan fingerprint density at radius 3 is 2.54 bits per heavy atom. The van der Waals surface area contributed by atoms with Gasteiger partial charge in [0.05, 0.1) is 46.7 Å². The van der Waals surface area contributed by atoms with Crippen LogP contribution in [-0.4, -0.2) is 37.5 Å². The molecule has 3 aromatic heterocycles. The van der Waals surface area contributed by atoms with Crippen molar-refractivity contribution >= 4 is 18.1 Å². The predicted octanol–water partition coefficient (Wildman–Crippen LogP) is 1.82. The number of hydrogen-bond acceptors (Lipinski definition) is 6. The number of ether oxygens (including phenoxy) is 1. The molecule has 4 heterocycles. The molecular formula is C19H22BN5O3. The Morgan fingerprint density at radius 2 is 1.93 bits per heavy atom. The Bertz CT molecular complexity index is 1060. The van der Waals surface area contributed by atoms with E-state index in [1.807, 2.05) is 51.6 Å². The van der Waals surface area contributed by atoms with Gasteiger partial charge in [0.25, 0.3) is 0 Å². The number of fused-ring (bicyclic) bond motifs is 1. The molecule has 9 heteroatoms. The van der Waals surface area contributed by atoms with Crippen LogP contribution in [0.4, 0.5) is 0 Å². The first-order chi connectivity index (χ1) is 13.2. The second-order valence-corrected chi connectivity index (χ2v) is 8.00. The lowest BCUT2D eigenvalue weighted by atomic mass is 9.78. The van der Waals surface area contributed by atoms with Gasteiger partial charge in [-0.25, -0.2) is 9.50 Å². The van der Waals surface area contributed by atoms with E-state index in [0.717, 1.165) is 5.69 Å². The molecule has 28 heavy (non-hydrogen) atoms. The zero-order chi connectivity index (χ0) is 20.1. The van der Waals surface area contributed by atoms with Gasteiger partial charge >= 0.3 is 7.12 Å². The van der Waals surface area contributed by atoms with E-state index in [-0.39, 0.29) is 0 Å². The van der Waals surface area contributed by atoms with Crippen LogP contribution in [0.15, 0.2) is 31.0 Å². The van der Waals surface area contributed by atoms with Crippen molar-refractivity contribution in [3.8, 4) is 11.8 Å².